The fourth-order valence-electron chi connectivity index (χ4n) is 4.67. The van der Waals surface area contributed by atoms with Crippen LogP contribution < -0.4 is 15.4 Å². The number of nitrogens with two attached hydrogens (primary N) is 1. The number of carboxylic acids is 1. The van der Waals surface area contributed by atoms with Crippen LogP contribution in [-0.2, 0) is 11.2 Å². The predicted octanol–water partition coefficient (Wildman–Crippen LogP) is 4.83. The minimum absolute atomic E-state index is 0.0953. The second kappa shape index (κ2) is 11.3. The summed E-state index contributed by atoms with van der Waals surface area (Å²) in [7, 11) is 0. The zero-order valence-corrected chi connectivity index (χ0v) is 21.0. The lowest BCUT2D eigenvalue weighted by Gasteiger charge is -2.27. The molecule has 37 heavy (non-hydrogen) atoms. The smallest absolute Gasteiger partial charge is 0.335 e. The first-order valence-corrected chi connectivity index (χ1v) is 12.3. The van der Waals surface area contributed by atoms with Crippen LogP contribution >= 0.6 is 0 Å². The minimum Gasteiger partial charge on any atom is -0.478 e. The molecule has 1 aliphatic heterocycles. The summed E-state index contributed by atoms with van der Waals surface area (Å²) in [5, 5.41) is 9.14. The minimum atomic E-state index is -1.02. The Hall–Kier alpha value is -4.17. The second-order valence-corrected chi connectivity index (χ2v) is 9.27. The second-order valence-electron chi connectivity index (χ2n) is 9.27. The fraction of sp³-hybridized carbons (Fsp3) is 0.276. The number of anilines is 2. The first kappa shape index (κ1) is 25.9. The van der Waals surface area contributed by atoms with Crippen molar-refractivity contribution in [1.82, 2.24) is 4.90 Å². The summed E-state index contributed by atoms with van der Waals surface area (Å²) in [5.41, 5.74) is 9.80. The molecule has 0 aliphatic carbocycles. The number of Topliss-reactive ketones (excluding diaryl/α,β-unsaturated/α-hetero) is 1. The largest absolute Gasteiger partial charge is 0.478 e. The number of ketones is 1. The molecule has 3 aromatic carbocycles. The van der Waals surface area contributed by atoms with E-state index in [-0.39, 0.29) is 17.8 Å². The van der Waals surface area contributed by atoms with E-state index in [2.05, 4.69) is 0 Å². The first-order chi connectivity index (χ1) is 17.7. The quantitative estimate of drug-likeness (QED) is 0.434. The van der Waals surface area contributed by atoms with Gasteiger partial charge in [-0.3, -0.25) is 14.6 Å². The molecular weight excluding hydrogens is 470 g/mol. The van der Waals surface area contributed by atoms with Crippen LogP contribution in [0.15, 0.2) is 66.7 Å². The van der Waals surface area contributed by atoms with Gasteiger partial charge in [-0.1, -0.05) is 30.3 Å². The van der Waals surface area contributed by atoms with Gasteiger partial charge in [-0.05, 0) is 79.8 Å². The summed E-state index contributed by atoms with van der Waals surface area (Å²) in [6, 6.07) is 18.5. The van der Waals surface area contributed by atoms with E-state index in [1.165, 1.54) is 17.0 Å². The highest BCUT2D eigenvalue weighted by Crippen LogP contribution is 2.31. The van der Waals surface area contributed by atoms with E-state index in [0.717, 1.165) is 42.6 Å². The molecule has 8 nitrogen and oxygen atoms in total. The van der Waals surface area contributed by atoms with Crippen LogP contribution in [0.2, 0.25) is 0 Å². The number of carbonyl (C=O) groups is 3. The van der Waals surface area contributed by atoms with Gasteiger partial charge in [-0.2, -0.15) is 0 Å². The standard InChI is InChI=1S/C29H31N3O5/c1-19-7-3-4-8-24(19)32(29(30)36)25-14-9-21(17-20(25)2)18-26(33)27(31-15-5-6-16-31)37-23-12-10-22(11-13-23)28(34)35/h3-4,7-14,17,27H,5-6,15-16,18H2,1-2H3,(H2,30,36)(H,34,35). The van der Waals surface area contributed by atoms with Crippen LogP contribution in [0.5, 0.6) is 5.75 Å². The Balaban J connectivity index is 1.55. The van der Waals surface area contributed by atoms with E-state index in [1.54, 1.807) is 12.1 Å². The Morgan fingerprint density at radius 1 is 0.946 bits per heavy atom. The third kappa shape index (κ3) is 5.98. The number of urea groups is 1. The zero-order chi connectivity index (χ0) is 26.5. The average molecular weight is 502 g/mol. The van der Waals surface area contributed by atoms with Crippen molar-refractivity contribution in [3.8, 4) is 5.75 Å². The molecule has 8 heteroatoms. The summed E-state index contributed by atoms with van der Waals surface area (Å²) in [6.07, 6.45) is 1.35. The molecule has 1 heterocycles. The number of rotatable bonds is 9. The van der Waals surface area contributed by atoms with Gasteiger partial charge in [0.2, 0.25) is 6.23 Å². The molecule has 0 aromatic heterocycles. The molecule has 192 valence electrons. The number of amides is 2. The van der Waals surface area contributed by atoms with Crippen LogP contribution in [0.3, 0.4) is 0 Å². The van der Waals surface area contributed by atoms with Gasteiger partial charge in [0.15, 0.2) is 5.78 Å². The third-order valence-corrected chi connectivity index (χ3v) is 6.55. The van der Waals surface area contributed by atoms with Crippen molar-refractivity contribution in [3.05, 3.63) is 89.0 Å². The Morgan fingerprint density at radius 2 is 1.59 bits per heavy atom. The maximum Gasteiger partial charge on any atom is 0.335 e. The summed E-state index contributed by atoms with van der Waals surface area (Å²) in [4.78, 5) is 40.5. The Bertz CT molecular complexity index is 1300. The number of carbonyl (C=O) groups excluding carboxylic acids is 2. The van der Waals surface area contributed by atoms with Crippen molar-refractivity contribution >= 4 is 29.2 Å². The van der Waals surface area contributed by atoms with Crippen molar-refractivity contribution in [3.63, 3.8) is 0 Å². The zero-order valence-electron chi connectivity index (χ0n) is 21.0. The van der Waals surface area contributed by atoms with Crippen LogP contribution in [0.4, 0.5) is 16.2 Å². The maximum absolute atomic E-state index is 13.4. The average Bonchev–Trinajstić information content (AvgIpc) is 3.40. The van der Waals surface area contributed by atoms with Crippen molar-refractivity contribution in [1.29, 1.82) is 0 Å². The predicted molar refractivity (Wildman–Crippen MR) is 141 cm³/mol. The summed E-state index contributed by atoms with van der Waals surface area (Å²) in [5.74, 6) is -0.672. The highest BCUT2D eigenvalue weighted by Gasteiger charge is 2.30. The molecule has 2 amide bonds. The van der Waals surface area contributed by atoms with Crippen LogP contribution in [0.25, 0.3) is 0 Å². The number of hydrogen-bond donors (Lipinski definition) is 2. The van der Waals surface area contributed by atoms with Gasteiger partial charge in [0, 0.05) is 19.5 Å². The Kier molecular flexibility index (Phi) is 7.89. The van der Waals surface area contributed by atoms with Gasteiger partial charge in [-0.25, -0.2) is 9.59 Å². The van der Waals surface area contributed by atoms with E-state index in [1.807, 2.05) is 61.2 Å². The molecule has 1 aliphatic rings. The van der Waals surface area contributed by atoms with Gasteiger partial charge >= 0.3 is 12.0 Å². The van der Waals surface area contributed by atoms with Gasteiger partial charge < -0.3 is 15.6 Å². The summed E-state index contributed by atoms with van der Waals surface area (Å²) in [6.45, 7) is 5.31. The molecule has 0 spiro atoms. The van der Waals surface area contributed by atoms with Gasteiger partial charge in [0.05, 0.1) is 16.9 Å². The van der Waals surface area contributed by atoms with E-state index in [0.29, 0.717) is 17.1 Å². The van der Waals surface area contributed by atoms with E-state index in [9.17, 15) is 14.4 Å². The topological polar surface area (TPSA) is 113 Å². The number of primary amides is 1. The van der Waals surface area contributed by atoms with Gasteiger partial charge in [0.1, 0.15) is 5.75 Å². The van der Waals surface area contributed by atoms with Crippen molar-refractivity contribution in [2.75, 3.05) is 18.0 Å². The number of likely N-dealkylation sites (tertiary alicyclic amines) is 1. The number of aryl methyl sites for hydroxylation is 2. The SMILES string of the molecule is Cc1ccccc1N(C(N)=O)c1ccc(CC(=O)C(Oc2ccc(C(=O)O)cc2)N2CCCC2)cc1C. The van der Waals surface area contributed by atoms with E-state index in [4.69, 9.17) is 15.6 Å². The van der Waals surface area contributed by atoms with E-state index >= 15 is 0 Å². The number of nitrogens with zero attached hydrogens (tertiary/aromatic N) is 2. The highest BCUT2D eigenvalue weighted by molar-refractivity contribution is 6.00. The fourth-order valence-corrected chi connectivity index (χ4v) is 4.67. The molecule has 0 bridgehead atoms. The molecule has 4 rings (SSSR count). The number of benzene rings is 3. The molecular formula is C29H31N3O5. The van der Waals surface area contributed by atoms with Crippen LogP contribution in [-0.4, -0.2) is 47.1 Å². The number of aromatic carboxylic acids is 1. The summed E-state index contributed by atoms with van der Waals surface area (Å²) >= 11 is 0. The lowest BCUT2D eigenvalue weighted by molar-refractivity contribution is -0.132. The normalized spacial score (nSPS) is 14.2. The highest BCUT2D eigenvalue weighted by atomic mass is 16.5. The van der Waals surface area contributed by atoms with Crippen molar-refractivity contribution in [2.24, 2.45) is 5.73 Å². The molecule has 1 saturated heterocycles. The number of carboxylic acid groups (broad SMARTS) is 1. The summed E-state index contributed by atoms with van der Waals surface area (Å²) < 4.78 is 6.08. The number of ether oxygens (including phenoxy) is 1. The molecule has 0 saturated carbocycles. The van der Waals surface area contributed by atoms with Gasteiger partial charge in [-0.15, -0.1) is 0 Å². The maximum atomic E-state index is 13.4. The van der Waals surface area contributed by atoms with Gasteiger partial charge in [0.25, 0.3) is 0 Å². The molecule has 1 unspecified atom stereocenters. The van der Waals surface area contributed by atoms with Crippen molar-refractivity contribution in [2.45, 2.75) is 39.3 Å². The number of hydrogen-bond acceptors (Lipinski definition) is 5. The first-order valence-electron chi connectivity index (χ1n) is 12.3. The Morgan fingerprint density at radius 3 is 2.19 bits per heavy atom. The van der Waals surface area contributed by atoms with Crippen LogP contribution in [0, 0.1) is 13.8 Å². The molecule has 3 N–H and O–H groups in total. The molecule has 1 fully saturated rings. The van der Waals surface area contributed by atoms with Crippen LogP contribution in [0.1, 0.15) is 39.9 Å². The lowest BCUT2D eigenvalue weighted by Crippen LogP contribution is -2.44. The Labute approximate surface area is 216 Å². The van der Waals surface area contributed by atoms with Crippen molar-refractivity contribution < 1.29 is 24.2 Å². The number of para-hydroxylation sites is 1. The third-order valence-electron chi connectivity index (χ3n) is 6.55. The molecule has 0 radical (unpaired) electrons. The molecule has 3 aromatic rings. The lowest BCUT2D eigenvalue weighted by atomic mass is 10.0. The molecule has 1 atom stereocenters. The monoisotopic (exact) mass is 501 g/mol. The van der Waals surface area contributed by atoms with E-state index < -0.39 is 18.2 Å².